The van der Waals surface area contributed by atoms with Crippen LogP contribution in [0.3, 0.4) is 0 Å². The van der Waals surface area contributed by atoms with E-state index in [2.05, 4.69) is 10.1 Å². The average Bonchev–Trinajstić information content (AvgIpc) is 3.02. The summed E-state index contributed by atoms with van der Waals surface area (Å²) in [5.41, 5.74) is 8.09. The van der Waals surface area contributed by atoms with E-state index in [1.165, 1.54) is 0 Å². The first-order chi connectivity index (χ1) is 20.5. The van der Waals surface area contributed by atoms with Gasteiger partial charge in [-0.1, -0.05) is 72.8 Å². The molecule has 0 saturated heterocycles. The van der Waals surface area contributed by atoms with E-state index >= 15 is 0 Å². The van der Waals surface area contributed by atoms with Crippen LogP contribution in [0.15, 0.2) is 84.9 Å². The van der Waals surface area contributed by atoms with Crippen molar-refractivity contribution < 1.29 is 37.1 Å². The Labute approximate surface area is 250 Å². The molecule has 3 rings (SSSR count). The maximum Gasteiger partial charge on any atom is 0.325 e. The predicted molar refractivity (Wildman–Crippen MR) is 161 cm³/mol. The van der Waals surface area contributed by atoms with Crippen LogP contribution in [0.4, 0.5) is 5.69 Å². The fraction of sp³-hybridized carbons (Fsp3) is 0.290. The largest absolute Gasteiger partial charge is 0.468 e. The van der Waals surface area contributed by atoms with Crippen LogP contribution in [-0.2, 0) is 44.2 Å². The van der Waals surface area contributed by atoms with Crippen LogP contribution < -0.4 is 16.0 Å². The molecule has 0 fully saturated rings. The number of nitrogens with one attached hydrogen (secondary N) is 1. The zero-order valence-electron chi connectivity index (χ0n) is 24.0. The van der Waals surface area contributed by atoms with Gasteiger partial charge in [0, 0.05) is 12.1 Å². The van der Waals surface area contributed by atoms with Crippen molar-refractivity contribution in [3.05, 3.63) is 90.5 Å². The van der Waals surface area contributed by atoms with Crippen LogP contribution in [0.1, 0.15) is 18.4 Å². The van der Waals surface area contributed by atoms with E-state index in [0.29, 0.717) is 16.8 Å². The van der Waals surface area contributed by atoms with Crippen molar-refractivity contribution in [3.63, 3.8) is 0 Å². The van der Waals surface area contributed by atoms with Gasteiger partial charge in [-0.05, 0) is 35.2 Å². The van der Waals surface area contributed by atoms with Crippen LogP contribution in [0.25, 0.3) is 11.1 Å². The van der Waals surface area contributed by atoms with Gasteiger partial charge < -0.3 is 20.5 Å². The molecule has 0 aromatic heterocycles. The monoisotopic (exact) mass is 609 g/mol. The van der Waals surface area contributed by atoms with Crippen molar-refractivity contribution >= 4 is 39.3 Å². The summed E-state index contributed by atoms with van der Waals surface area (Å²) in [5.74, 6) is -4.16. The number of carbonyl (C=O) groups excluding carboxylic acids is 4. The van der Waals surface area contributed by atoms with Gasteiger partial charge in [0.1, 0.15) is 18.6 Å². The molecule has 2 atom stereocenters. The van der Waals surface area contributed by atoms with E-state index in [9.17, 15) is 27.6 Å². The van der Waals surface area contributed by atoms with Crippen molar-refractivity contribution in [3.8, 4) is 11.1 Å². The lowest BCUT2D eigenvalue weighted by molar-refractivity contribution is -0.142. The number of carbonyl (C=O) groups is 4. The number of methoxy groups -OCH3 is 2. The second-order valence-corrected chi connectivity index (χ2v) is 11.8. The van der Waals surface area contributed by atoms with E-state index in [-0.39, 0.29) is 12.8 Å². The minimum atomic E-state index is -4.03. The fourth-order valence-electron chi connectivity index (χ4n) is 4.38. The maximum atomic E-state index is 13.9. The molecule has 3 N–H and O–H groups in total. The minimum Gasteiger partial charge on any atom is -0.468 e. The molecule has 0 saturated carbocycles. The van der Waals surface area contributed by atoms with Crippen molar-refractivity contribution in [1.29, 1.82) is 0 Å². The molecule has 3 aromatic rings. The summed E-state index contributed by atoms with van der Waals surface area (Å²) in [5, 5.41) is 2.49. The molecule has 0 aliphatic rings. The van der Waals surface area contributed by atoms with E-state index in [0.717, 1.165) is 24.7 Å². The summed E-state index contributed by atoms with van der Waals surface area (Å²) in [6, 6.07) is 21.8. The smallest absolute Gasteiger partial charge is 0.325 e. The molecular weight excluding hydrogens is 574 g/mol. The van der Waals surface area contributed by atoms with Gasteiger partial charge in [0.2, 0.25) is 5.91 Å². The average molecular weight is 610 g/mol. The highest BCUT2D eigenvalue weighted by Gasteiger charge is 2.33. The Kier molecular flexibility index (Phi) is 12.0. The van der Waals surface area contributed by atoms with Gasteiger partial charge in [0.25, 0.3) is 5.91 Å². The first-order valence-corrected chi connectivity index (χ1v) is 15.3. The number of hydrogen-bond donors (Lipinski definition) is 2. The Morgan fingerprint density at radius 3 is 2.09 bits per heavy atom. The number of amides is 2. The topological polar surface area (TPSA) is 162 Å². The van der Waals surface area contributed by atoms with Gasteiger partial charge in [0.15, 0.2) is 9.84 Å². The number of para-hydroxylation sites is 1. The number of esters is 2. The molecule has 0 heterocycles. The molecule has 0 spiro atoms. The van der Waals surface area contributed by atoms with Crippen molar-refractivity contribution in [2.24, 2.45) is 5.73 Å². The number of benzene rings is 3. The van der Waals surface area contributed by atoms with Gasteiger partial charge in [-0.15, -0.1) is 0 Å². The molecule has 43 heavy (non-hydrogen) atoms. The highest BCUT2D eigenvalue weighted by molar-refractivity contribution is 7.90. The summed E-state index contributed by atoms with van der Waals surface area (Å²) >= 11 is 0. The Morgan fingerprint density at radius 1 is 0.860 bits per heavy atom. The van der Waals surface area contributed by atoms with Crippen LogP contribution in [0, 0.1) is 0 Å². The lowest BCUT2D eigenvalue weighted by Gasteiger charge is -2.27. The number of nitrogens with zero attached hydrogens (tertiary/aromatic N) is 1. The summed E-state index contributed by atoms with van der Waals surface area (Å²) in [4.78, 5) is 51.8. The summed E-state index contributed by atoms with van der Waals surface area (Å²) < 4.78 is 36.6. The molecule has 0 radical (unpaired) electrons. The number of ether oxygens (including phenoxy) is 2. The van der Waals surface area contributed by atoms with E-state index < -0.39 is 63.7 Å². The summed E-state index contributed by atoms with van der Waals surface area (Å²) in [6.45, 7) is -0.518. The van der Waals surface area contributed by atoms with Crippen LogP contribution in [-0.4, -0.2) is 70.8 Å². The van der Waals surface area contributed by atoms with E-state index in [1.807, 2.05) is 36.4 Å². The number of anilines is 1. The lowest BCUT2D eigenvalue weighted by Crippen LogP contribution is -2.53. The normalized spacial score (nSPS) is 12.4. The van der Waals surface area contributed by atoms with Gasteiger partial charge >= 0.3 is 11.9 Å². The zero-order chi connectivity index (χ0) is 31.4. The fourth-order valence-corrected chi connectivity index (χ4v) is 5.96. The van der Waals surface area contributed by atoms with Crippen molar-refractivity contribution in [2.45, 2.75) is 30.7 Å². The quantitative estimate of drug-likeness (QED) is 0.261. The third-order valence-electron chi connectivity index (χ3n) is 6.57. The van der Waals surface area contributed by atoms with Gasteiger partial charge in [-0.2, -0.15) is 0 Å². The maximum absolute atomic E-state index is 13.9. The van der Waals surface area contributed by atoms with Crippen molar-refractivity contribution in [2.75, 3.05) is 31.4 Å². The van der Waals surface area contributed by atoms with Crippen LogP contribution >= 0.6 is 0 Å². The Balaban J connectivity index is 1.92. The number of sulfone groups is 1. The van der Waals surface area contributed by atoms with E-state index in [1.54, 1.807) is 48.5 Å². The third-order valence-corrected chi connectivity index (χ3v) is 8.16. The molecule has 0 bridgehead atoms. The third kappa shape index (κ3) is 9.76. The molecule has 0 aliphatic carbocycles. The molecule has 12 heteroatoms. The molecule has 3 aromatic carbocycles. The second-order valence-electron chi connectivity index (χ2n) is 9.70. The van der Waals surface area contributed by atoms with Crippen LogP contribution in [0.2, 0.25) is 0 Å². The summed E-state index contributed by atoms with van der Waals surface area (Å²) in [7, 11) is -1.71. The Morgan fingerprint density at radius 2 is 1.47 bits per heavy atom. The molecule has 2 amide bonds. The first-order valence-electron chi connectivity index (χ1n) is 13.4. The van der Waals surface area contributed by atoms with Crippen LogP contribution in [0.5, 0.6) is 0 Å². The standard InChI is InChI=1S/C31H35N3O8S/c1-41-29(36)19-34(24-14-7-4-8-15-24)30(37)27(33-28(35)18-17-26(32)31(38)42-2)21-43(39,40)20-23-13-9-10-16-25(23)22-11-5-3-6-12-22/h3-16,26-27H,17-21,32H2,1-2H3,(H,33,35)/t26-,27-/m0/s1. The molecule has 228 valence electrons. The molecular formula is C31H35N3O8S. The molecule has 0 aliphatic heterocycles. The Hall–Kier alpha value is -4.55. The zero-order valence-corrected chi connectivity index (χ0v) is 24.8. The first kappa shape index (κ1) is 33.0. The number of rotatable bonds is 14. The minimum absolute atomic E-state index is 0.0961. The molecule has 0 unspecified atom stereocenters. The second kappa shape index (κ2) is 15.6. The van der Waals surface area contributed by atoms with Gasteiger partial charge in [0.05, 0.1) is 25.7 Å². The molecule has 11 nitrogen and oxygen atoms in total. The highest BCUT2D eigenvalue weighted by Crippen LogP contribution is 2.25. The van der Waals surface area contributed by atoms with Gasteiger partial charge in [-0.3, -0.25) is 24.1 Å². The SMILES string of the molecule is COC(=O)CN(C(=O)[C@H](CS(=O)(=O)Cc1ccccc1-c1ccccc1)NC(=O)CC[C@H](N)C(=O)OC)c1ccccc1. The van der Waals surface area contributed by atoms with Gasteiger partial charge in [-0.25, -0.2) is 8.42 Å². The summed E-state index contributed by atoms with van der Waals surface area (Å²) in [6.07, 6.45) is -0.375. The van der Waals surface area contributed by atoms with Crippen molar-refractivity contribution in [1.82, 2.24) is 5.32 Å². The number of nitrogens with two attached hydrogens (primary N) is 1. The number of hydrogen-bond acceptors (Lipinski definition) is 9. The highest BCUT2D eigenvalue weighted by atomic mass is 32.2. The van der Waals surface area contributed by atoms with E-state index in [4.69, 9.17) is 10.5 Å². The lowest BCUT2D eigenvalue weighted by atomic mass is 10.0. The Bertz CT molecular complexity index is 1510. The predicted octanol–water partition coefficient (Wildman–Crippen LogP) is 2.24.